The van der Waals surface area contributed by atoms with Gasteiger partial charge in [-0.05, 0) is 13.0 Å². The second-order valence-corrected chi connectivity index (χ2v) is 2.95. The van der Waals surface area contributed by atoms with Crippen LogP contribution in [0.4, 0.5) is 0 Å². The van der Waals surface area contributed by atoms with Gasteiger partial charge in [-0.2, -0.15) is 0 Å². The first-order valence-electron chi connectivity index (χ1n) is 4.18. The predicted molar refractivity (Wildman–Crippen MR) is 50.3 cm³/mol. The van der Waals surface area contributed by atoms with E-state index >= 15 is 0 Å². The van der Waals surface area contributed by atoms with Gasteiger partial charge in [-0.15, -0.1) is 0 Å². The molecule has 0 saturated heterocycles. The number of pyridine rings is 1. The number of rotatable bonds is 4. The number of hydrogen-bond acceptors (Lipinski definition) is 4. The van der Waals surface area contributed by atoms with Crippen LogP contribution in [0, 0.1) is 0 Å². The highest BCUT2D eigenvalue weighted by atomic mass is 16.5. The number of carbonyl (C=O) groups is 1. The minimum atomic E-state index is -1.07. The molecule has 1 heterocycles. The molecule has 0 aliphatic rings. The van der Waals surface area contributed by atoms with Crippen molar-refractivity contribution in [3.05, 3.63) is 23.9 Å². The number of ether oxygens (including phenoxy) is 1. The van der Waals surface area contributed by atoms with Gasteiger partial charge in [-0.1, -0.05) is 6.07 Å². The van der Waals surface area contributed by atoms with Crippen molar-refractivity contribution in [1.29, 1.82) is 0 Å². The van der Waals surface area contributed by atoms with Gasteiger partial charge in [0.05, 0.1) is 0 Å². The second kappa shape index (κ2) is 4.57. The first-order valence-corrected chi connectivity index (χ1v) is 4.18. The quantitative estimate of drug-likeness (QED) is 0.732. The normalized spacial score (nSPS) is 12.1. The van der Waals surface area contributed by atoms with E-state index in [1.54, 1.807) is 19.1 Å². The molecule has 0 spiro atoms. The lowest BCUT2D eigenvalue weighted by molar-refractivity contribution is 0.0689. The summed E-state index contributed by atoms with van der Waals surface area (Å²) in [5, 5.41) is 8.64. The van der Waals surface area contributed by atoms with E-state index in [2.05, 4.69) is 4.98 Å². The Bertz CT molecular complexity index is 326. The van der Waals surface area contributed by atoms with Crippen LogP contribution < -0.4 is 10.5 Å². The van der Waals surface area contributed by atoms with Crippen LogP contribution in [0.25, 0.3) is 0 Å². The summed E-state index contributed by atoms with van der Waals surface area (Å²) in [5.41, 5.74) is 5.43. The van der Waals surface area contributed by atoms with Gasteiger partial charge in [0.15, 0.2) is 5.69 Å². The van der Waals surface area contributed by atoms with Crippen LogP contribution >= 0.6 is 0 Å². The molecule has 0 bridgehead atoms. The maximum Gasteiger partial charge on any atom is 0.354 e. The van der Waals surface area contributed by atoms with E-state index in [0.29, 0.717) is 6.61 Å². The smallest absolute Gasteiger partial charge is 0.354 e. The number of nitrogens with zero attached hydrogens (tertiary/aromatic N) is 1. The van der Waals surface area contributed by atoms with Crippen molar-refractivity contribution in [1.82, 2.24) is 4.98 Å². The maximum absolute atomic E-state index is 10.5. The molecule has 14 heavy (non-hydrogen) atoms. The fourth-order valence-corrected chi connectivity index (χ4v) is 0.831. The van der Waals surface area contributed by atoms with Crippen LogP contribution in [0.1, 0.15) is 17.4 Å². The third kappa shape index (κ3) is 3.02. The summed E-state index contributed by atoms with van der Waals surface area (Å²) in [5.74, 6) is -0.793. The Morgan fingerprint density at radius 3 is 3.00 bits per heavy atom. The lowest BCUT2D eigenvalue weighted by Crippen LogP contribution is -2.24. The highest BCUT2D eigenvalue weighted by Crippen LogP contribution is 2.07. The van der Waals surface area contributed by atoms with Crippen LogP contribution in [-0.4, -0.2) is 28.7 Å². The average Bonchev–Trinajstić information content (AvgIpc) is 2.15. The Labute approximate surface area is 81.5 Å². The van der Waals surface area contributed by atoms with Gasteiger partial charge in [-0.3, -0.25) is 0 Å². The first-order chi connectivity index (χ1) is 6.59. The molecule has 3 N–H and O–H groups in total. The third-order valence-electron chi connectivity index (χ3n) is 1.44. The van der Waals surface area contributed by atoms with Crippen molar-refractivity contribution in [3.63, 3.8) is 0 Å². The van der Waals surface area contributed by atoms with Gasteiger partial charge < -0.3 is 15.6 Å². The van der Waals surface area contributed by atoms with Crippen molar-refractivity contribution >= 4 is 5.97 Å². The highest BCUT2D eigenvalue weighted by molar-refractivity contribution is 5.85. The minimum absolute atomic E-state index is 0.0350. The highest BCUT2D eigenvalue weighted by Gasteiger charge is 2.05. The molecule has 0 fully saturated rings. The number of hydrogen-bond donors (Lipinski definition) is 2. The Kier molecular flexibility index (Phi) is 3.41. The molecule has 0 radical (unpaired) electrons. The largest absolute Gasteiger partial charge is 0.477 e. The fraction of sp³-hybridized carbons (Fsp3) is 0.333. The Balaban J connectivity index is 2.69. The summed E-state index contributed by atoms with van der Waals surface area (Å²) in [7, 11) is 0. The van der Waals surface area contributed by atoms with Crippen LogP contribution in [0.2, 0.25) is 0 Å². The minimum Gasteiger partial charge on any atom is -0.477 e. The Hall–Kier alpha value is -1.62. The van der Waals surface area contributed by atoms with E-state index in [0.717, 1.165) is 0 Å². The van der Waals surface area contributed by atoms with E-state index in [9.17, 15) is 4.79 Å². The van der Waals surface area contributed by atoms with Gasteiger partial charge >= 0.3 is 5.97 Å². The molecular formula is C9H12N2O3. The number of aromatic nitrogens is 1. The summed E-state index contributed by atoms with van der Waals surface area (Å²) in [6, 6.07) is 4.47. The Morgan fingerprint density at radius 1 is 1.71 bits per heavy atom. The van der Waals surface area contributed by atoms with E-state index < -0.39 is 5.97 Å². The van der Waals surface area contributed by atoms with E-state index in [-0.39, 0.29) is 17.6 Å². The number of aromatic carboxylic acids is 1. The number of carboxylic acid groups (broad SMARTS) is 1. The molecule has 1 atom stereocenters. The molecule has 0 aromatic carbocycles. The zero-order valence-electron chi connectivity index (χ0n) is 7.80. The monoisotopic (exact) mass is 196 g/mol. The topological polar surface area (TPSA) is 85.4 Å². The summed E-state index contributed by atoms with van der Waals surface area (Å²) < 4.78 is 5.16. The summed E-state index contributed by atoms with van der Waals surface area (Å²) in [6.45, 7) is 2.11. The molecule has 76 valence electrons. The molecule has 5 nitrogen and oxygen atoms in total. The van der Waals surface area contributed by atoms with E-state index in [1.165, 1.54) is 6.07 Å². The second-order valence-electron chi connectivity index (χ2n) is 2.95. The van der Waals surface area contributed by atoms with Crippen molar-refractivity contribution < 1.29 is 14.6 Å². The molecule has 0 aliphatic heterocycles. The van der Waals surface area contributed by atoms with Crippen LogP contribution in [0.15, 0.2) is 18.2 Å². The van der Waals surface area contributed by atoms with Crippen LogP contribution in [0.5, 0.6) is 5.88 Å². The third-order valence-corrected chi connectivity index (χ3v) is 1.44. The molecule has 0 aliphatic carbocycles. The standard InChI is InChI=1S/C9H12N2O3/c1-6(10)5-14-8-4-2-3-7(11-8)9(12)13/h2-4,6H,5,10H2,1H3,(H,12,13)/t6-/m0/s1. The predicted octanol–water partition coefficient (Wildman–Crippen LogP) is 0.506. The lowest BCUT2D eigenvalue weighted by atomic mass is 10.3. The summed E-state index contributed by atoms with van der Waals surface area (Å²) in [6.07, 6.45) is 0. The Morgan fingerprint density at radius 2 is 2.43 bits per heavy atom. The van der Waals surface area contributed by atoms with Gasteiger partial charge in [0.2, 0.25) is 5.88 Å². The van der Waals surface area contributed by atoms with Crippen molar-refractivity contribution in [3.8, 4) is 5.88 Å². The van der Waals surface area contributed by atoms with Crippen LogP contribution in [-0.2, 0) is 0 Å². The molecule has 1 aromatic heterocycles. The number of carboxylic acids is 1. The summed E-state index contributed by atoms with van der Waals surface area (Å²) in [4.78, 5) is 14.3. The zero-order chi connectivity index (χ0) is 10.6. The first kappa shape index (κ1) is 10.5. The molecule has 5 heteroatoms. The van der Waals surface area contributed by atoms with Gasteiger partial charge in [0, 0.05) is 12.1 Å². The molecule has 0 unspecified atom stereocenters. The van der Waals surface area contributed by atoms with Crippen LogP contribution in [0.3, 0.4) is 0 Å². The molecule has 1 aromatic rings. The average molecular weight is 196 g/mol. The molecular weight excluding hydrogens is 184 g/mol. The van der Waals surface area contributed by atoms with E-state index in [4.69, 9.17) is 15.6 Å². The van der Waals surface area contributed by atoms with Gasteiger partial charge in [-0.25, -0.2) is 9.78 Å². The molecule has 1 rings (SSSR count). The van der Waals surface area contributed by atoms with Crippen molar-refractivity contribution in [2.24, 2.45) is 5.73 Å². The van der Waals surface area contributed by atoms with Crippen molar-refractivity contribution in [2.75, 3.05) is 6.61 Å². The number of nitrogens with two attached hydrogens (primary N) is 1. The fourth-order valence-electron chi connectivity index (χ4n) is 0.831. The van der Waals surface area contributed by atoms with Gasteiger partial charge in [0.25, 0.3) is 0 Å². The van der Waals surface area contributed by atoms with E-state index in [1.807, 2.05) is 0 Å². The maximum atomic E-state index is 10.5. The SMILES string of the molecule is C[C@H](N)COc1cccc(C(=O)O)n1. The molecule has 0 saturated carbocycles. The molecule has 0 amide bonds. The van der Waals surface area contributed by atoms with Crippen molar-refractivity contribution in [2.45, 2.75) is 13.0 Å². The lowest BCUT2D eigenvalue weighted by Gasteiger charge is -2.07. The summed E-state index contributed by atoms with van der Waals surface area (Å²) >= 11 is 0. The van der Waals surface area contributed by atoms with Gasteiger partial charge in [0.1, 0.15) is 6.61 Å². The zero-order valence-corrected chi connectivity index (χ0v) is 7.80.